The third kappa shape index (κ3) is 5.50. The number of hydrogen-bond donors (Lipinski definition) is 2. The van der Waals surface area contributed by atoms with E-state index in [1.165, 1.54) is 25.7 Å². The molecular weight excluding hydrogens is 284 g/mol. The molecule has 2 rings (SSSR count). The summed E-state index contributed by atoms with van der Waals surface area (Å²) < 4.78 is 12.0. The highest BCUT2D eigenvalue weighted by Crippen LogP contribution is 2.25. The molecule has 1 fully saturated rings. The molecule has 0 aromatic heterocycles. The molecule has 1 amide bonds. The van der Waals surface area contributed by atoms with Crippen molar-refractivity contribution in [3.63, 3.8) is 0 Å². The summed E-state index contributed by atoms with van der Waals surface area (Å²) in [6.45, 7) is 0. The second-order valence-corrected chi connectivity index (χ2v) is 7.32. The zero-order valence-corrected chi connectivity index (χ0v) is 13.2. The number of anilines is 2. The molecule has 4 nitrogen and oxygen atoms in total. The van der Waals surface area contributed by atoms with Crippen molar-refractivity contribution in [2.24, 2.45) is 5.92 Å². The van der Waals surface area contributed by atoms with Crippen LogP contribution >= 0.6 is 0 Å². The maximum Gasteiger partial charge on any atom is 0.224 e. The summed E-state index contributed by atoms with van der Waals surface area (Å²) >= 11 is 0. The summed E-state index contributed by atoms with van der Waals surface area (Å²) in [5.41, 5.74) is 6.99. The Kier molecular flexibility index (Phi) is 6.23. The van der Waals surface area contributed by atoms with Crippen molar-refractivity contribution < 1.29 is 9.00 Å². The van der Waals surface area contributed by atoms with Crippen LogP contribution in [0.4, 0.5) is 11.4 Å². The first-order valence-electron chi connectivity index (χ1n) is 7.64. The molecule has 1 aliphatic carbocycles. The number of nitrogen functional groups attached to an aromatic ring is 1. The molecule has 1 unspecified atom stereocenters. The molecule has 1 atom stereocenters. The van der Waals surface area contributed by atoms with Gasteiger partial charge in [0.2, 0.25) is 5.91 Å². The molecule has 1 aromatic rings. The third-order valence-corrected chi connectivity index (χ3v) is 5.49. The first kappa shape index (κ1) is 16.0. The summed E-state index contributed by atoms with van der Waals surface area (Å²) in [5, 5.41) is 2.79. The van der Waals surface area contributed by atoms with Gasteiger partial charge in [-0.05, 0) is 37.3 Å². The van der Waals surface area contributed by atoms with Gasteiger partial charge in [-0.15, -0.1) is 0 Å². The van der Waals surface area contributed by atoms with E-state index in [-0.39, 0.29) is 5.91 Å². The standard InChI is InChI=1S/C16H24N2O2S/c17-14-8-3-4-9-15(14)18-16(19)10-5-11-21(20)12-13-6-1-2-7-13/h3-4,8-9,13H,1-2,5-7,10-12,17H2,(H,18,19). The van der Waals surface area contributed by atoms with E-state index in [0.717, 1.165) is 5.75 Å². The number of hydrogen-bond acceptors (Lipinski definition) is 3. The Morgan fingerprint density at radius 1 is 1.29 bits per heavy atom. The maximum atomic E-state index is 12.0. The fraction of sp³-hybridized carbons (Fsp3) is 0.562. The van der Waals surface area contributed by atoms with Crippen LogP contribution in [-0.2, 0) is 15.6 Å². The Labute approximate surface area is 129 Å². The first-order chi connectivity index (χ1) is 10.1. The van der Waals surface area contributed by atoms with Crippen LogP contribution in [0.3, 0.4) is 0 Å². The van der Waals surface area contributed by atoms with Gasteiger partial charge >= 0.3 is 0 Å². The van der Waals surface area contributed by atoms with Crippen LogP contribution in [0.15, 0.2) is 24.3 Å². The number of rotatable bonds is 7. The largest absolute Gasteiger partial charge is 0.397 e. The van der Waals surface area contributed by atoms with E-state index >= 15 is 0 Å². The van der Waals surface area contributed by atoms with Gasteiger partial charge in [-0.2, -0.15) is 0 Å². The second-order valence-electron chi connectivity index (χ2n) is 5.70. The van der Waals surface area contributed by atoms with Crippen LogP contribution in [0.1, 0.15) is 38.5 Å². The predicted octanol–water partition coefficient (Wildman–Crippen LogP) is 2.93. The SMILES string of the molecule is Nc1ccccc1NC(=O)CCCS(=O)CC1CCCC1. The van der Waals surface area contributed by atoms with E-state index in [1.54, 1.807) is 12.1 Å². The van der Waals surface area contributed by atoms with Crippen LogP contribution in [0.2, 0.25) is 0 Å². The van der Waals surface area contributed by atoms with Crippen molar-refractivity contribution >= 4 is 28.1 Å². The number of nitrogens with two attached hydrogens (primary N) is 1. The monoisotopic (exact) mass is 308 g/mol. The second kappa shape index (κ2) is 8.17. The Morgan fingerprint density at radius 2 is 2.00 bits per heavy atom. The fourth-order valence-electron chi connectivity index (χ4n) is 2.74. The summed E-state index contributed by atoms with van der Waals surface area (Å²) in [6, 6.07) is 7.21. The normalized spacial score (nSPS) is 16.8. The molecule has 1 saturated carbocycles. The van der Waals surface area contributed by atoms with E-state index in [1.807, 2.05) is 12.1 Å². The number of para-hydroxylation sites is 2. The fourth-order valence-corrected chi connectivity index (χ4v) is 4.23. The van der Waals surface area contributed by atoms with Crippen LogP contribution in [0.5, 0.6) is 0 Å². The Bertz CT molecular complexity index is 499. The highest BCUT2D eigenvalue weighted by molar-refractivity contribution is 7.84. The van der Waals surface area contributed by atoms with Crippen LogP contribution in [0, 0.1) is 5.92 Å². The summed E-state index contributed by atoms with van der Waals surface area (Å²) in [5.74, 6) is 2.01. The minimum Gasteiger partial charge on any atom is -0.397 e. The van der Waals surface area contributed by atoms with E-state index in [9.17, 15) is 9.00 Å². The van der Waals surface area contributed by atoms with Crippen molar-refractivity contribution in [1.82, 2.24) is 0 Å². The molecule has 0 spiro atoms. The number of carbonyl (C=O) groups excluding carboxylic acids is 1. The molecule has 0 aliphatic heterocycles. The van der Waals surface area contributed by atoms with Crippen molar-refractivity contribution in [3.8, 4) is 0 Å². The lowest BCUT2D eigenvalue weighted by Crippen LogP contribution is -2.15. The van der Waals surface area contributed by atoms with E-state index < -0.39 is 10.8 Å². The quantitative estimate of drug-likeness (QED) is 0.761. The third-order valence-electron chi connectivity index (χ3n) is 3.91. The molecule has 3 N–H and O–H groups in total. The van der Waals surface area contributed by atoms with Gasteiger partial charge in [0.15, 0.2) is 0 Å². The lowest BCUT2D eigenvalue weighted by molar-refractivity contribution is -0.116. The molecule has 1 aliphatic rings. The van der Waals surface area contributed by atoms with Crippen LogP contribution in [0.25, 0.3) is 0 Å². The summed E-state index contributed by atoms with van der Waals surface area (Å²) in [4.78, 5) is 11.8. The molecule has 0 heterocycles. The average Bonchev–Trinajstić information content (AvgIpc) is 2.94. The molecule has 21 heavy (non-hydrogen) atoms. The lowest BCUT2D eigenvalue weighted by Gasteiger charge is -2.09. The molecule has 1 aromatic carbocycles. The molecule has 0 bridgehead atoms. The average molecular weight is 308 g/mol. The van der Waals surface area contributed by atoms with Gasteiger partial charge in [-0.1, -0.05) is 25.0 Å². The predicted molar refractivity (Wildman–Crippen MR) is 88.6 cm³/mol. The van der Waals surface area contributed by atoms with Crippen LogP contribution < -0.4 is 11.1 Å². The van der Waals surface area contributed by atoms with Crippen molar-refractivity contribution in [2.45, 2.75) is 38.5 Å². The minimum atomic E-state index is -0.782. The van der Waals surface area contributed by atoms with Gasteiger partial charge in [-0.3, -0.25) is 9.00 Å². The molecule has 0 saturated heterocycles. The zero-order valence-electron chi connectivity index (χ0n) is 12.3. The van der Waals surface area contributed by atoms with Gasteiger partial charge < -0.3 is 11.1 Å². The summed E-state index contributed by atoms with van der Waals surface area (Å²) in [6.07, 6.45) is 6.06. The summed E-state index contributed by atoms with van der Waals surface area (Å²) in [7, 11) is -0.782. The topological polar surface area (TPSA) is 72.2 Å². The van der Waals surface area contributed by atoms with Gasteiger partial charge in [0.05, 0.1) is 11.4 Å². The van der Waals surface area contributed by atoms with Crippen molar-refractivity contribution in [3.05, 3.63) is 24.3 Å². The molecule has 5 heteroatoms. The molecule has 116 valence electrons. The Hall–Kier alpha value is -1.36. The highest BCUT2D eigenvalue weighted by Gasteiger charge is 2.17. The van der Waals surface area contributed by atoms with Gasteiger partial charge in [0.1, 0.15) is 0 Å². The molecular formula is C16H24N2O2S. The van der Waals surface area contributed by atoms with E-state index in [2.05, 4.69) is 5.32 Å². The number of benzene rings is 1. The van der Waals surface area contributed by atoms with E-state index in [4.69, 9.17) is 5.73 Å². The number of nitrogens with one attached hydrogen (secondary N) is 1. The zero-order chi connectivity index (χ0) is 15.1. The van der Waals surface area contributed by atoms with E-state index in [0.29, 0.717) is 35.9 Å². The first-order valence-corrected chi connectivity index (χ1v) is 9.13. The van der Waals surface area contributed by atoms with Crippen molar-refractivity contribution in [2.75, 3.05) is 22.6 Å². The van der Waals surface area contributed by atoms with Gasteiger partial charge in [0.25, 0.3) is 0 Å². The lowest BCUT2D eigenvalue weighted by atomic mass is 10.1. The number of amides is 1. The Morgan fingerprint density at radius 3 is 2.71 bits per heavy atom. The van der Waals surface area contributed by atoms with Crippen LogP contribution in [-0.4, -0.2) is 21.6 Å². The maximum absolute atomic E-state index is 12.0. The van der Waals surface area contributed by atoms with Gasteiger partial charge in [0, 0.05) is 28.7 Å². The molecule has 0 radical (unpaired) electrons. The van der Waals surface area contributed by atoms with Crippen molar-refractivity contribution in [1.29, 1.82) is 0 Å². The highest BCUT2D eigenvalue weighted by atomic mass is 32.2. The van der Waals surface area contributed by atoms with Gasteiger partial charge in [-0.25, -0.2) is 0 Å². The number of carbonyl (C=O) groups is 1. The Balaban J connectivity index is 1.65. The minimum absolute atomic E-state index is 0.0641. The smallest absolute Gasteiger partial charge is 0.224 e.